The van der Waals surface area contributed by atoms with E-state index >= 15 is 0 Å². The van der Waals surface area contributed by atoms with E-state index in [1.165, 1.54) is 23.6 Å². The van der Waals surface area contributed by atoms with Gasteiger partial charge in [0.2, 0.25) is 0 Å². The van der Waals surface area contributed by atoms with E-state index in [2.05, 4.69) is 10.3 Å². The first-order valence-corrected chi connectivity index (χ1v) is 6.25. The molecular weight excluding hydrogens is 266 g/mol. The largest absolute Gasteiger partial charge is 0.479 e. The minimum atomic E-state index is -1.05. The van der Waals surface area contributed by atoms with Crippen LogP contribution in [0.15, 0.2) is 35.8 Å². The monoisotopic (exact) mass is 277 g/mol. The van der Waals surface area contributed by atoms with Gasteiger partial charge in [-0.25, -0.2) is 9.78 Å². The average molecular weight is 277 g/mol. The molecule has 0 fully saturated rings. The highest BCUT2D eigenvalue weighted by Gasteiger charge is 2.23. The van der Waals surface area contributed by atoms with Gasteiger partial charge in [0, 0.05) is 11.1 Å². The summed E-state index contributed by atoms with van der Waals surface area (Å²) >= 11 is 1.31. The molecule has 2 aromatic rings. The van der Waals surface area contributed by atoms with Crippen LogP contribution in [0, 0.1) is 0 Å². The molecule has 19 heavy (non-hydrogen) atoms. The summed E-state index contributed by atoms with van der Waals surface area (Å²) in [5.74, 6) is -1.55. The predicted octanol–water partition coefficient (Wildman–Crippen LogP) is 1.48. The summed E-state index contributed by atoms with van der Waals surface area (Å²) in [6.45, 7) is 0. The second kappa shape index (κ2) is 5.49. The lowest BCUT2D eigenvalue weighted by atomic mass is 10.2. The first-order valence-electron chi connectivity index (χ1n) is 5.37. The Kier molecular flexibility index (Phi) is 3.76. The summed E-state index contributed by atoms with van der Waals surface area (Å²) in [7, 11) is 0. The number of thiophene rings is 1. The molecule has 7 heteroatoms. The number of aromatic nitrogens is 1. The molecule has 2 heterocycles. The van der Waals surface area contributed by atoms with Gasteiger partial charge in [0.05, 0.1) is 5.56 Å². The number of aliphatic carboxylic acids is 1. The number of primary amides is 1. The van der Waals surface area contributed by atoms with Crippen LogP contribution >= 0.6 is 11.3 Å². The number of nitrogens with zero attached hydrogens (tertiary/aromatic N) is 1. The molecule has 0 saturated carbocycles. The van der Waals surface area contributed by atoms with Gasteiger partial charge in [0.1, 0.15) is 5.82 Å². The third kappa shape index (κ3) is 2.89. The number of rotatable bonds is 5. The Balaban J connectivity index is 2.33. The number of amides is 1. The summed E-state index contributed by atoms with van der Waals surface area (Å²) in [5.41, 5.74) is 5.38. The van der Waals surface area contributed by atoms with Crippen LogP contribution in [0.5, 0.6) is 0 Å². The first-order chi connectivity index (χ1) is 9.09. The topological polar surface area (TPSA) is 105 Å². The van der Waals surface area contributed by atoms with Crippen molar-refractivity contribution in [1.82, 2.24) is 4.98 Å². The standard InChI is InChI=1S/C12H11N3O3S/c13-10(16)7-3-1-5-14-11(7)15-9(12(17)18)8-4-2-6-19-8/h1-6,9H,(H2,13,16)(H,14,15)(H,17,18). The van der Waals surface area contributed by atoms with E-state index in [4.69, 9.17) is 5.73 Å². The zero-order valence-corrected chi connectivity index (χ0v) is 10.6. The molecule has 6 nitrogen and oxygen atoms in total. The van der Waals surface area contributed by atoms with Gasteiger partial charge in [0.15, 0.2) is 6.04 Å². The normalized spacial score (nSPS) is 11.8. The van der Waals surface area contributed by atoms with E-state index in [1.54, 1.807) is 23.6 Å². The molecule has 98 valence electrons. The van der Waals surface area contributed by atoms with E-state index in [-0.39, 0.29) is 11.4 Å². The third-order valence-corrected chi connectivity index (χ3v) is 3.37. The number of nitrogens with two attached hydrogens (primary N) is 1. The van der Waals surface area contributed by atoms with Gasteiger partial charge in [-0.1, -0.05) is 6.07 Å². The van der Waals surface area contributed by atoms with Gasteiger partial charge in [-0.15, -0.1) is 11.3 Å². The summed E-state index contributed by atoms with van der Waals surface area (Å²) in [4.78, 5) is 27.1. The molecule has 2 aromatic heterocycles. The fourth-order valence-corrected chi connectivity index (χ4v) is 2.33. The van der Waals surface area contributed by atoms with Crippen molar-refractivity contribution in [1.29, 1.82) is 0 Å². The smallest absolute Gasteiger partial charge is 0.331 e. The van der Waals surface area contributed by atoms with E-state index in [0.717, 1.165) is 0 Å². The van der Waals surface area contributed by atoms with Crippen molar-refractivity contribution >= 4 is 29.0 Å². The molecule has 0 radical (unpaired) electrons. The molecule has 0 bridgehead atoms. The summed E-state index contributed by atoms with van der Waals surface area (Å²) in [6.07, 6.45) is 1.46. The molecule has 2 rings (SSSR count). The Morgan fingerprint density at radius 2 is 2.16 bits per heavy atom. The van der Waals surface area contributed by atoms with Gasteiger partial charge >= 0.3 is 5.97 Å². The SMILES string of the molecule is NC(=O)c1cccnc1NC(C(=O)O)c1cccs1. The van der Waals surface area contributed by atoms with Crippen molar-refractivity contribution in [2.45, 2.75) is 6.04 Å². The van der Waals surface area contributed by atoms with Gasteiger partial charge in [0.25, 0.3) is 5.91 Å². The molecular formula is C12H11N3O3S. The highest BCUT2D eigenvalue weighted by Crippen LogP contribution is 2.24. The maximum Gasteiger partial charge on any atom is 0.331 e. The third-order valence-electron chi connectivity index (χ3n) is 2.43. The molecule has 1 unspecified atom stereocenters. The fraction of sp³-hybridized carbons (Fsp3) is 0.0833. The van der Waals surface area contributed by atoms with Gasteiger partial charge in [-0.2, -0.15) is 0 Å². The minimum Gasteiger partial charge on any atom is -0.479 e. The van der Waals surface area contributed by atoms with E-state index in [9.17, 15) is 14.7 Å². The number of carboxylic acids is 1. The maximum atomic E-state index is 11.3. The number of hydrogen-bond acceptors (Lipinski definition) is 5. The van der Waals surface area contributed by atoms with Crippen molar-refractivity contribution < 1.29 is 14.7 Å². The molecule has 0 spiro atoms. The Hall–Kier alpha value is -2.41. The molecule has 0 saturated heterocycles. The Morgan fingerprint density at radius 3 is 2.74 bits per heavy atom. The number of carboxylic acid groups (broad SMARTS) is 1. The zero-order valence-electron chi connectivity index (χ0n) is 9.74. The molecule has 0 aliphatic rings. The van der Waals surface area contributed by atoms with Crippen LogP contribution in [0.1, 0.15) is 21.3 Å². The first kappa shape index (κ1) is 13.0. The van der Waals surface area contributed by atoms with E-state index < -0.39 is 17.9 Å². The van der Waals surface area contributed by atoms with E-state index in [1.807, 2.05) is 0 Å². The molecule has 0 aromatic carbocycles. The minimum absolute atomic E-state index is 0.158. The maximum absolute atomic E-state index is 11.3. The highest BCUT2D eigenvalue weighted by atomic mass is 32.1. The number of carbonyl (C=O) groups excluding carboxylic acids is 1. The van der Waals surface area contributed by atoms with Gasteiger partial charge < -0.3 is 16.2 Å². The molecule has 0 aliphatic carbocycles. The zero-order chi connectivity index (χ0) is 13.8. The second-order valence-corrected chi connectivity index (χ2v) is 4.67. The van der Waals surface area contributed by atoms with Crippen LogP contribution in [0.4, 0.5) is 5.82 Å². The summed E-state index contributed by atoms with van der Waals surface area (Å²) in [5, 5.41) is 13.7. The molecule has 0 aliphatic heterocycles. The lowest BCUT2D eigenvalue weighted by molar-refractivity contribution is -0.138. The Labute approximate surface area is 112 Å². The van der Waals surface area contributed by atoms with Crippen molar-refractivity contribution in [2.24, 2.45) is 5.73 Å². The van der Waals surface area contributed by atoms with Crippen LogP contribution in [-0.4, -0.2) is 22.0 Å². The number of nitrogens with one attached hydrogen (secondary N) is 1. The van der Waals surface area contributed by atoms with Gasteiger partial charge in [-0.3, -0.25) is 4.79 Å². The van der Waals surface area contributed by atoms with Crippen LogP contribution in [-0.2, 0) is 4.79 Å². The van der Waals surface area contributed by atoms with Crippen LogP contribution < -0.4 is 11.1 Å². The lowest BCUT2D eigenvalue weighted by Gasteiger charge is -2.15. The Morgan fingerprint density at radius 1 is 1.37 bits per heavy atom. The molecule has 4 N–H and O–H groups in total. The number of hydrogen-bond donors (Lipinski definition) is 3. The second-order valence-electron chi connectivity index (χ2n) is 3.69. The summed E-state index contributed by atoms with van der Waals surface area (Å²) in [6, 6.07) is 5.54. The fourth-order valence-electron chi connectivity index (χ4n) is 1.57. The molecule has 1 amide bonds. The quantitative estimate of drug-likeness (QED) is 0.767. The van der Waals surface area contributed by atoms with Crippen LogP contribution in [0.25, 0.3) is 0 Å². The molecule has 1 atom stereocenters. The van der Waals surface area contributed by atoms with Crippen molar-refractivity contribution in [2.75, 3.05) is 5.32 Å². The van der Waals surface area contributed by atoms with E-state index in [0.29, 0.717) is 4.88 Å². The van der Waals surface area contributed by atoms with Gasteiger partial charge in [-0.05, 0) is 23.6 Å². The van der Waals surface area contributed by atoms with Crippen LogP contribution in [0.3, 0.4) is 0 Å². The number of pyridine rings is 1. The van der Waals surface area contributed by atoms with Crippen LogP contribution in [0.2, 0.25) is 0 Å². The summed E-state index contributed by atoms with van der Waals surface area (Å²) < 4.78 is 0. The Bertz CT molecular complexity index is 598. The average Bonchev–Trinajstić information content (AvgIpc) is 2.89. The van der Waals surface area contributed by atoms with Crippen molar-refractivity contribution in [3.8, 4) is 0 Å². The number of anilines is 1. The highest BCUT2D eigenvalue weighted by molar-refractivity contribution is 7.10. The predicted molar refractivity (Wildman–Crippen MR) is 71.1 cm³/mol. The van der Waals surface area contributed by atoms with Crippen molar-refractivity contribution in [3.05, 3.63) is 46.3 Å². The van der Waals surface area contributed by atoms with Crippen molar-refractivity contribution in [3.63, 3.8) is 0 Å². The number of carbonyl (C=O) groups is 2. The lowest BCUT2D eigenvalue weighted by Crippen LogP contribution is -2.23.